The third-order valence-corrected chi connectivity index (χ3v) is 2.46. The Morgan fingerprint density at radius 3 is 2.53 bits per heavy atom. The Labute approximate surface area is 115 Å². The van der Waals surface area contributed by atoms with Crippen molar-refractivity contribution in [2.24, 2.45) is 0 Å². The van der Waals surface area contributed by atoms with E-state index in [1.165, 1.54) is 5.56 Å². The highest BCUT2D eigenvalue weighted by Crippen LogP contribution is 2.18. The highest BCUT2D eigenvalue weighted by molar-refractivity contribution is 5.74. The molecule has 0 aliphatic rings. The molecule has 0 aliphatic heterocycles. The third kappa shape index (κ3) is 6.13. The van der Waals surface area contributed by atoms with E-state index in [-0.39, 0.29) is 11.6 Å². The summed E-state index contributed by atoms with van der Waals surface area (Å²) in [5.41, 5.74) is 2.10. The smallest absolute Gasteiger partial charge is 0.315 e. The van der Waals surface area contributed by atoms with E-state index >= 15 is 0 Å². The molecule has 1 aromatic rings. The van der Waals surface area contributed by atoms with E-state index in [9.17, 15) is 4.79 Å². The lowest BCUT2D eigenvalue weighted by Crippen LogP contribution is -2.47. The van der Waals surface area contributed by atoms with Gasteiger partial charge in [-0.05, 0) is 46.2 Å². The Kier molecular flexibility index (Phi) is 5.21. The first-order valence-electron chi connectivity index (χ1n) is 6.54. The van der Waals surface area contributed by atoms with Gasteiger partial charge in [0.15, 0.2) is 0 Å². The number of rotatable bonds is 4. The molecule has 2 N–H and O–H groups in total. The van der Waals surface area contributed by atoms with Gasteiger partial charge in [0.25, 0.3) is 0 Å². The number of ether oxygens (including phenoxy) is 1. The lowest BCUT2D eigenvalue weighted by molar-refractivity contribution is 0.228. The fourth-order valence-corrected chi connectivity index (χ4v) is 1.67. The van der Waals surface area contributed by atoms with Crippen LogP contribution in [0, 0.1) is 13.8 Å². The lowest BCUT2D eigenvalue weighted by Gasteiger charge is -2.20. The van der Waals surface area contributed by atoms with Gasteiger partial charge in [0.1, 0.15) is 12.4 Å². The summed E-state index contributed by atoms with van der Waals surface area (Å²) in [5, 5.41) is 5.60. The highest BCUT2D eigenvalue weighted by Gasteiger charge is 2.12. The van der Waals surface area contributed by atoms with E-state index in [0.717, 1.165) is 11.3 Å². The summed E-state index contributed by atoms with van der Waals surface area (Å²) in [5.74, 6) is 0.864. The SMILES string of the molecule is Cc1ccc(OCCNC(=O)NC(C)(C)C)c(C)c1. The van der Waals surface area contributed by atoms with Gasteiger partial charge in [0, 0.05) is 5.54 Å². The van der Waals surface area contributed by atoms with Crippen molar-refractivity contribution in [3.05, 3.63) is 29.3 Å². The van der Waals surface area contributed by atoms with Gasteiger partial charge in [-0.25, -0.2) is 4.79 Å². The van der Waals surface area contributed by atoms with Crippen LogP contribution < -0.4 is 15.4 Å². The number of carbonyl (C=O) groups excluding carboxylic acids is 1. The maximum absolute atomic E-state index is 11.5. The monoisotopic (exact) mass is 264 g/mol. The van der Waals surface area contributed by atoms with E-state index < -0.39 is 0 Å². The van der Waals surface area contributed by atoms with Gasteiger partial charge in [-0.2, -0.15) is 0 Å². The van der Waals surface area contributed by atoms with Crippen LogP contribution in [0.3, 0.4) is 0 Å². The van der Waals surface area contributed by atoms with Gasteiger partial charge in [-0.1, -0.05) is 17.7 Å². The predicted octanol–water partition coefficient (Wildman–Crippen LogP) is 2.78. The Balaban J connectivity index is 2.29. The maximum atomic E-state index is 11.5. The Hall–Kier alpha value is -1.71. The highest BCUT2D eigenvalue weighted by atomic mass is 16.5. The van der Waals surface area contributed by atoms with E-state index in [0.29, 0.717) is 13.2 Å². The quantitative estimate of drug-likeness (QED) is 0.822. The molecule has 0 aromatic heterocycles. The zero-order valence-corrected chi connectivity index (χ0v) is 12.5. The molecule has 0 heterocycles. The molecule has 106 valence electrons. The van der Waals surface area contributed by atoms with Crippen molar-refractivity contribution in [1.82, 2.24) is 10.6 Å². The summed E-state index contributed by atoms with van der Waals surface area (Å²) in [6, 6.07) is 5.88. The van der Waals surface area contributed by atoms with Gasteiger partial charge >= 0.3 is 6.03 Å². The van der Waals surface area contributed by atoms with Crippen molar-refractivity contribution in [2.45, 2.75) is 40.2 Å². The predicted molar refractivity (Wildman–Crippen MR) is 77.7 cm³/mol. The van der Waals surface area contributed by atoms with E-state index in [4.69, 9.17) is 4.74 Å². The number of hydrogen-bond donors (Lipinski definition) is 2. The van der Waals surface area contributed by atoms with E-state index in [1.54, 1.807) is 0 Å². The van der Waals surface area contributed by atoms with Gasteiger partial charge in [0.2, 0.25) is 0 Å². The number of nitrogens with one attached hydrogen (secondary N) is 2. The molecule has 0 spiro atoms. The van der Waals surface area contributed by atoms with Crippen molar-refractivity contribution in [2.75, 3.05) is 13.2 Å². The van der Waals surface area contributed by atoms with Crippen LogP contribution in [0.5, 0.6) is 5.75 Å². The molecule has 0 bridgehead atoms. The number of carbonyl (C=O) groups is 1. The van der Waals surface area contributed by atoms with Crippen molar-refractivity contribution in [3.8, 4) is 5.75 Å². The first-order valence-corrected chi connectivity index (χ1v) is 6.54. The molecule has 2 amide bonds. The first kappa shape index (κ1) is 15.3. The second kappa shape index (κ2) is 6.45. The summed E-state index contributed by atoms with van der Waals surface area (Å²) in [6.07, 6.45) is 0. The summed E-state index contributed by atoms with van der Waals surface area (Å²) >= 11 is 0. The summed E-state index contributed by atoms with van der Waals surface area (Å²) in [4.78, 5) is 11.5. The van der Waals surface area contributed by atoms with Crippen LogP contribution >= 0.6 is 0 Å². The molecular formula is C15H24N2O2. The van der Waals surface area contributed by atoms with Gasteiger partial charge in [0.05, 0.1) is 6.54 Å². The molecule has 1 aromatic carbocycles. The van der Waals surface area contributed by atoms with Crippen LogP contribution in [0.1, 0.15) is 31.9 Å². The summed E-state index contributed by atoms with van der Waals surface area (Å²) < 4.78 is 5.63. The number of amides is 2. The molecule has 0 saturated heterocycles. The molecule has 1 rings (SSSR count). The number of aryl methyl sites for hydroxylation is 2. The van der Waals surface area contributed by atoms with Gasteiger partial charge in [-0.3, -0.25) is 0 Å². The lowest BCUT2D eigenvalue weighted by atomic mass is 10.1. The normalized spacial score (nSPS) is 11.0. The largest absolute Gasteiger partial charge is 0.491 e. The number of hydrogen-bond acceptors (Lipinski definition) is 2. The van der Waals surface area contributed by atoms with E-state index in [1.807, 2.05) is 39.8 Å². The third-order valence-electron chi connectivity index (χ3n) is 2.46. The summed E-state index contributed by atoms with van der Waals surface area (Å²) in [6.45, 7) is 10.8. The second-order valence-corrected chi connectivity index (χ2v) is 5.75. The Bertz CT molecular complexity index is 436. The molecule has 0 saturated carbocycles. The molecule has 0 unspecified atom stereocenters. The van der Waals surface area contributed by atoms with E-state index in [2.05, 4.69) is 23.6 Å². The number of benzene rings is 1. The zero-order valence-electron chi connectivity index (χ0n) is 12.5. The van der Waals surface area contributed by atoms with Crippen LogP contribution in [-0.2, 0) is 0 Å². The van der Waals surface area contributed by atoms with Crippen LogP contribution in [-0.4, -0.2) is 24.7 Å². The molecule has 0 atom stereocenters. The van der Waals surface area contributed by atoms with Crippen LogP contribution in [0.25, 0.3) is 0 Å². The first-order chi connectivity index (χ1) is 8.78. The Morgan fingerprint density at radius 2 is 1.95 bits per heavy atom. The molecule has 0 aliphatic carbocycles. The molecule has 19 heavy (non-hydrogen) atoms. The maximum Gasteiger partial charge on any atom is 0.315 e. The van der Waals surface area contributed by atoms with Gasteiger partial charge < -0.3 is 15.4 Å². The van der Waals surface area contributed by atoms with Crippen molar-refractivity contribution in [3.63, 3.8) is 0 Å². The zero-order chi connectivity index (χ0) is 14.5. The van der Waals surface area contributed by atoms with Crippen LogP contribution in [0.2, 0.25) is 0 Å². The van der Waals surface area contributed by atoms with Crippen LogP contribution in [0.15, 0.2) is 18.2 Å². The average Bonchev–Trinajstić information content (AvgIpc) is 2.24. The minimum absolute atomic E-state index is 0.170. The average molecular weight is 264 g/mol. The second-order valence-electron chi connectivity index (χ2n) is 5.75. The minimum Gasteiger partial charge on any atom is -0.491 e. The van der Waals surface area contributed by atoms with Crippen molar-refractivity contribution >= 4 is 6.03 Å². The van der Waals surface area contributed by atoms with Crippen LogP contribution in [0.4, 0.5) is 4.79 Å². The fourth-order valence-electron chi connectivity index (χ4n) is 1.67. The topological polar surface area (TPSA) is 50.4 Å². The number of urea groups is 1. The standard InChI is InChI=1S/C15H24N2O2/c1-11-6-7-13(12(2)10-11)19-9-8-16-14(18)17-15(3,4)5/h6-7,10H,8-9H2,1-5H3,(H2,16,17,18). The molecule has 4 heteroatoms. The molecule has 0 fully saturated rings. The van der Waals surface area contributed by atoms with Crippen molar-refractivity contribution in [1.29, 1.82) is 0 Å². The van der Waals surface area contributed by atoms with Crippen molar-refractivity contribution < 1.29 is 9.53 Å². The molecular weight excluding hydrogens is 240 g/mol. The molecule has 4 nitrogen and oxygen atoms in total. The molecule has 0 radical (unpaired) electrons. The summed E-state index contributed by atoms with van der Waals surface area (Å²) in [7, 11) is 0. The van der Waals surface area contributed by atoms with Gasteiger partial charge in [-0.15, -0.1) is 0 Å². The minimum atomic E-state index is -0.224. The Morgan fingerprint density at radius 1 is 1.26 bits per heavy atom. The fraction of sp³-hybridized carbons (Fsp3) is 0.533.